The molecule has 1 amide bonds. The Kier molecular flexibility index (Phi) is 5.58. The summed E-state index contributed by atoms with van der Waals surface area (Å²) in [4.78, 5) is 11.3. The third kappa shape index (κ3) is 5.28. The summed E-state index contributed by atoms with van der Waals surface area (Å²) in [6, 6.07) is 4.53. The van der Waals surface area contributed by atoms with Gasteiger partial charge in [0.25, 0.3) is 0 Å². The SMILES string of the molecule is C=C(Br)CNC(=O)/C=C/c1cc(Br)ccc1F. The molecule has 0 saturated carbocycles. The molecule has 90 valence electrons. The van der Waals surface area contributed by atoms with Gasteiger partial charge in [0.2, 0.25) is 5.91 Å². The molecule has 0 aliphatic heterocycles. The van der Waals surface area contributed by atoms with Crippen LogP contribution in [0.25, 0.3) is 6.08 Å². The van der Waals surface area contributed by atoms with Crippen molar-refractivity contribution in [3.05, 3.63) is 51.2 Å². The fourth-order valence-electron chi connectivity index (χ4n) is 1.05. The zero-order valence-corrected chi connectivity index (χ0v) is 12.0. The average Bonchev–Trinajstić information content (AvgIpc) is 2.27. The fourth-order valence-corrected chi connectivity index (χ4v) is 1.57. The van der Waals surface area contributed by atoms with E-state index in [1.54, 1.807) is 12.1 Å². The number of hydrogen-bond donors (Lipinski definition) is 1. The van der Waals surface area contributed by atoms with E-state index in [2.05, 4.69) is 43.8 Å². The standard InChI is InChI=1S/C12H10Br2FNO/c1-8(13)7-16-12(17)5-2-9-6-10(14)3-4-11(9)15/h2-6H,1,7H2,(H,16,17)/b5-2+. The lowest BCUT2D eigenvalue weighted by molar-refractivity contribution is -0.116. The molecule has 0 aromatic heterocycles. The normalized spacial score (nSPS) is 10.5. The van der Waals surface area contributed by atoms with Gasteiger partial charge in [0.05, 0.1) is 0 Å². The molecule has 1 N–H and O–H groups in total. The van der Waals surface area contributed by atoms with E-state index in [0.717, 1.165) is 4.47 Å². The van der Waals surface area contributed by atoms with Crippen molar-refractivity contribution in [2.45, 2.75) is 0 Å². The number of amides is 1. The Labute approximate surface area is 116 Å². The van der Waals surface area contributed by atoms with Gasteiger partial charge in [-0.1, -0.05) is 38.4 Å². The number of hydrogen-bond acceptors (Lipinski definition) is 1. The second-order valence-corrected chi connectivity index (χ2v) is 5.27. The molecule has 0 unspecified atom stereocenters. The molecule has 0 radical (unpaired) electrons. The van der Waals surface area contributed by atoms with Crippen LogP contribution >= 0.6 is 31.9 Å². The average molecular weight is 363 g/mol. The zero-order valence-electron chi connectivity index (χ0n) is 8.84. The Morgan fingerprint density at radius 1 is 1.53 bits per heavy atom. The van der Waals surface area contributed by atoms with Crippen molar-refractivity contribution in [3.63, 3.8) is 0 Å². The van der Waals surface area contributed by atoms with Gasteiger partial charge in [-0.15, -0.1) is 0 Å². The van der Waals surface area contributed by atoms with E-state index in [4.69, 9.17) is 0 Å². The summed E-state index contributed by atoms with van der Waals surface area (Å²) in [5.74, 6) is -0.674. The Balaban J connectivity index is 2.67. The second-order valence-electron chi connectivity index (χ2n) is 3.23. The van der Waals surface area contributed by atoms with Gasteiger partial charge in [-0.05, 0) is 24.3 Å². The van der Waals surface area contributed by atoms with E-state index in [-0.39, 0.29) is 11.7 Å². The van der Waals surface area contributed by atoms with Crippen LogP contribution in [0, 0.1) is 5.82 Å². The lowest BCUT2D eigenvalue weighted by atomic mass is 10.2. The Morgan fingerprint density at radius 2 is 2.24 bits per heavy atom. The summed E-state index contributed by atoms with van der Waals surface area (Å²) in [6.07, 6.45) is 2.70. The zero-order chi connectivity index (χ0) is 12.8. The lowest BCUT2D eigenvalue weighted by Gasteiger charge is -2.00. The van der Waals surface area contributed by atoms with Crippen LogP contribution < -0.4 is 5.32 Å². The van der Waals surface area contributed by atoms with Gasteiger partial charge >= 0.3 is 0 Å². The van der Waals surface area contributed by atoms with E-state index >= 15 is 0 Å². The van der Waals surface area contributed by atoms with Gasteiger partial charge in [0, 0.05) is 27.1 Å². The molecule has 5 heteroatoms. The van der Waals surface area contributed by atoms with Gasteiger partial charge in [-0.25, -0.2) is 4.39 Å². The summed E-state index contributed by atoms with van der Waals surface area (Å²) in [7, 11) is 0. The molecule has 1 aromatic carbocycles. The number of benzene rings is 1. The van der Waals surface area contributed by atoms with Crippen LogP contribution in [0.3, 0.4) is 0 Å². The Morgan fingerprint density at radius 3 is 2.88 bits per heavy atom. The highest BCUT2D eigenvalue weighted by Gasteiger charge is 2.00. The molecule has 1 aromatic rings. The topological polar surface area (TPSA) is 29.1 Å². The van der Waals surface area contributed by atoms with Gasteiger partial charge in [-0.3, -0.25) is 4.79 Å². The molecule has 17 heavy (non-hydrogen) atoms. The molecule has 0 saturated heterocycles. The van der Waals surface area contributed by atoms with Crippen LogP contribution in [-0.4, -0.2) is 12.5 Å². The maximum atomic E-state index is 13.3. The second kappa shape index (κ2) is 6.71. The van der Waals surface area contributed by atoms with Crippen molar-refractivity contribution in [2.75, 3.05) is 6.54 Å². The molecular formula is C12H10Br2FNO. The number of halogens is 3. The maximum absolute atomic E-state index is 13.3. The predicted octanol–water partition coefficient (Wildman–Crippen LogP) is 3.63. The highest BCUT2D eigenvalue weighted by Crippen LogP contribution is 2.16. The monoisotopic (exact) mass is 361 g/mol. The van der Waals surface area contributed by atoms with E-state index in [1.165, 1.54) is 18.2 Å². The number of carbonyl (C=O) groups excluding carboxylic acids is 1. The minimum atomic E-state index is -0.373. The van der Waals surface area contributed by atoms with Crippen molar-refractivity contribution in [3.8, 4) is 0 Å². The van der Waals surface area contributed by atoms with E-state index in [9.17, 15) is 9.18 Å². The van der Waals surface area contributed by atoms with Gasteiger partial charge in [0.1, 0.15) is 5.82 Å². The minimum Gasteiger partial charge on any atom is -0.348 e. The van der Waals surface area contributed by atoms with Crippen LogP contribution in [0.4, 0.5) is 4.39 Å². The van der Waals surface area contributed by atoms with Gasteiger partial charge in [0.15, 0.2) is 0 Å². The van der Waals surface area contributed by atoms with E-state index in [0.29, 0.717) is 16.6 Å². The van der Waals surface area contributed by atoms with Crippen LogP contribution in [-0.2, 0) is 4.79 Å². The van der Waals surface area contributed by atoms with Crippen molar-refractivity contribution in [1.29, 1.82) is 0 Å². The van der Waals surface area contributed by atoms with Crippen molar-refractivity contribution in [1.82, 2.24) is 5.32 Å². The number of carbonyl (C=O) groups is 1. The lowest BCUT2D eigenvalue weighted by Crippen LogP contribution is -2.21. The third-order valence-electron chi connectivity index (χ3n) is 1.83. The molecule has 0 atom stereocenters. The molecule has 0 aliphatic carbocycles. The number of rotatable bonds is 4. The molecule has 2 nitrogen and oxygen atoms in total. The van der Waals surface area contributed by atoms with Crippen molar-refractivity contribution < 1.29 is 9.18 Å². The van der Waals surface area contributed by atoms with Gasteiger partial charge in [-0.2, -0.15) is 0 Å². The first-order chi connectivity index (χ1) is 7.99. The van der Waals surface area contributed by atoms with Crippen molar-refractivity contribution in [2.24, 2.45) is 0 Å². The molecule has 0 spiro atoms. The highest BCUT2D eigenvalue weighted by molar-refractivity contribution is 9.11. The predicted molar refractivity (Wildman–Crippen MR) is 74.2 cm³/mol. The molecule has 1 rings (SSSR count). The van der Waals surface area contributed by atoms with Gasteiger partial charge < -0.3 is 5.32 Å². The Hall–Kier alpha value is -0.940. The first-order valence-electron chi connectivity index (χ1n) is 4.73. The summed E-state index contributed by atoms with van der Waals surface area (Å²) in [5, 5.41) is 2.58. The molecule has 0 aliphatic rings. The maximum Gasteiger partial charge on any atom is 0.244 e. The summed E-state index contributed by atoms with van der Waals surface area (Å²) in [5.41, 5.74) is 0.354. The summed E-state index contributed by atoms with van der Waals surface area (Å²) >= 11 is 6.35. The van der Waals surface area contributed by atoms with Crippen molar-refractivity contribution >= 4 is 43.8 Å². The third-order valence-corrected chi connectivity index (χ3v) is 2.60. The smallest absolute Gasteiger partial charge is 0.244 e. The fraction of sp³-hybridized carbons (Fsp3) is 0.0833. The molecular weight excluding hydrogens is 353 g/mol. The quantitative estimate of drug-likeness (QED) is 0.814. The highest BCUT2D eigenvalue weighted by atomic mass is 79.9. The molecule has 0 heterocycles. The van der Waals surface area contributed by atoms with Crippen LogP contribution in [0.5, 0.6) is 0 Å². The molecule has 0 fully saturated rings. The number of nitrogens with one attached hydrogen (secondary N) is 1. The summed E-state index contributed by atoms with van der Waals surface area (Å²) in [6.45, 7) is 3.92. The van der Waals surface area contributed by atoms with Crippen LogP contribution in [0.15, 0.2) is 39.8 Å². The first-order valence-corrected chi connectivity index (χ1v) is 6.32. The molecule has 0 bridgehead atoms. The van der Waals surface area contributed by atoms with E-state index < -0.39 is 0 Å². The summed E-state index contributed by atoms with van der Waals surface area (Å²) < 4.78 is 14.7. The minimum absolute atomic E-state index is 0.301. The van der Waals surface area contributed by atoms with Crippen LogP contribution in [0.2, 0.25) is 0 Å². The van der Waals surface area contributed by atoms with E-state index in [1.807, 2.05) is 0 Å². The Bertz CT molecular complexity index is 472. The van der Waals surface area contributed by atoms with Crippen LogP contribution in [0.1, 0.15) is 5.56 Å². The largest absolute Gasteiger partial charge is 0.348 e. The first kappa shape index (κ1) is 14.1.